The summed E-state index contributed by atoms with van der Waals surface area (Å²) in [6, 6.07) is 13.8. The summed E-state index contributed by atoms with van der Waals surface area (Å²) in [6.45, 7) is 3.09. The third kappa shape index (κ3) is 4.62. The molecule has 3 N–H and O–H groups in total. The smallest absolute Gasteiger partial charge is 0.231 e. The first-order valence-corrected chi connectivity index (χ1v) is 11.0. The van der Waals surface area contributed by atoms with Gasteiger partial charge in [0.05, 0.1) is 19.2 Å². The van der Waals surface area contributed by atoms with Gasteiger partial charge in [-0.1, -0.05) is 12.1 Å². The van der Waals surface area contributed by atoms with Crippen molar-refractivity contribution in [1.29, 1.82) is 0 Å². The lowest BCUT2D eigenvalue weighted by molar-refractivity contribution is 0.174. The minimum atomic E-state index is 0.356. The van der Waals surface area contributed by atoms with Crippen LogP contribution < -0.4 is 19.9 Å². The van der Waals surface area contributed by atoms with Crippen LogP contribution in [-0.4, -0.2) is 28.4 Å². The number of anilines is 1. The van der Waals surface area contributed by atoms with Crippen molar-refractivity contribution in [2.75, 3.05) is 19.6 Å². The molecule has 0 bridgehead atoms. The highest BCUT2D eigenvalue weighted by atomic mass is 127. The van der Waals surface area contributed by atoms with Crippen LogP contribution in [0.4, 0.5) is 5.82 Å². The Balaban J connectivity index is 0.000000177. The van der Waals surface area contributed by atoms with Gasteiger partial charge < -0.3 is 29.5 Å². The average Bonchev–Trinajstić information content (AvgIpc) is 3.34. The number of pyridine rings is 1. The minimum Gasteiger partial charge on any atom is -0.497 e. The SMILES string of the molecule is COc1ccc(Cn2c(=S)[nH]c3c(N)nccc32)cc1.Cc1cc2c(cc1I)OCO2. The van der Waals surface area contributed by atoms with E-state index in [1.165, 1.54) is 9.13 Å². The van der Waals surface area contributed by atoms with E-state index >= 15 is 0 Å². The zero-order valence-electron chi connectivity index (χ0n) is 17.0. The lowest BCUT2D eigenvalue weighted by Gasteiger charge is -2.06. The number of methoxy groups -OCH3 is 1. The lowest BCUT2D eigenvalue weighted by Crippen LogP contribution is -2.00. The van der Waals surface area contributed by atoms with Crippen molar-refractivity contribution in [3.63, 3.8) is 0 Å². The van der Waals surface area contributed by atoms with Crippen molar-refractivity contribution in [1.82, 2.24) is 14.5 Å². The third-order valence-electron chi connectivity index (χ3n) is 4.88. The van der Waals surface area contributed by atoms with Crippen LogP contribution in [0.1, 0.15) is 11.1 Å². The van der Waals surface area contributed by atoms with E-state index in [0.717, 1.165) is 33.8 Å². The Bertz CT molecular complexity index is 1260. The molecule has 9 heteroatoms. The fraction of sp³-hybridized carbons (Fsp3) is 0.182. The van der Waals surface area contributed by atoms with E-state index in [1.54, 1.807) is 13.3 Å². The molecule has 1 aliphatic heterocycles. The minimum absolute atomic E-state index is 0.356. The molecule has 3 heterocycles. The average molecular weight is 548 g/mol. The van der Waals surface area contributed by atoms with Crippen molar-refractivity contribution in [3.05, 3.63) is 68.1 Å². The van der Waals surface area contributed by atoms with Crippen LogP contribution in [0.2, 0.25) is 0 Å². The lowest BCUT2D eigenvalue weighted by atomic mass is 10.2. The molecule has 0 radical (unpaired) electrons. The summed E-state index contributed by atoms with van der Waals surface area (Å²) in [5, 5.41) is 0. The van der Waals surface area contributed by atoms with E-state index < -0.39 is 0 Å². The molecule has 4 aromatic rings. The molecule has 7 nitrogen and oxygen atoms in total. The molecule has 0 unspecified atom stereocenters. The molecular formula is C22H21IN4O3S. The molecule has 2 aromatic heterocycles. The van der Waals surface area contributed by atoms with Crippen LogP contribution >= 0.6 is 34.8 Å². The van der Waals surface area contributed by atoms with E-state index in [9.17, 15) is 0 Å². The Kier molecular flexibility index (Phi) is 6.33. The van der Waals surface area contributed by atoms with E-state index in [2.05, 4.69) is 39.5 Å². The van der Waals surface area contributed by atoms with Gasteiger partial charge in [-0.05, 0) is 83.2 Å². The summed E-state index contributed by atoms with van der Waals surface area (Å²) in [7, 11) is 1.65. The molecule has 0 spiro atoms. The van der Waals surface area contributed by atoms with Gasteiger partial charge in [0.25, 0.3) is 0 Å². The molecular weight excluding hydrogens is 527 g/mol. The molecule has 160 valence electrons. The molecule has 0 aliphatic carbocycles. The topological polar surface area (TPSA) is 87.3 Å². The third-order valence-corrected chi connectivity index (χ3v) is 6.36. The van der Waals surface area contributed by atoms with Gasteiger partial charge in [-0.15, -0.1) is 0 Å². The van der Waals surface area contributed by atoms with E-state index in [-0.39, 0.29) is 0 Å². The molecule has 0 saturated heterocycles. The van der Waals surface area contributed by atoms with Crippen LogP contribution in [0.25, 0.3) is 11.0 Å². The molecule has 5 rings (SSSR count). The number of fused-ring (bicyclic) bond motifs is 2. The number of aromatic nitrogens is 3. The highest BCUT2D eigenvalue weighted by molar-refractivity contribution is 14.1. The Morgan fingerprint density at radius 2 is 1.90 bits per heavy atom. The summed E-state index contributed by atoms with van der Waals surface area (Å²) >= 11 is 7.64. The zero-order valence-corrected chi connectivity index (χ0v) is 20.0. The highest BCUT2D eigenvalue weighted by Gasteiger charge is 2.14. The van der Waals surface area contributed by atoms with Crippen LogP contribution in [0.15, 0.2) is 48.7 Å². The van der Waals surface area contributed by atoms with Crippen LogP contribution in [-0.2, 0) is 6.54 Å². The monoisotopic (exact) mass is 548 g/mol. The standard InChI is InChI=1S/C14H14N4OS.C8H7IO2/c1-19-10-4-2-9(3-5-10)8-18-11-6-7-16-13(15)12(11)17-14(18)20;1-5-2-7-8(3-6(5)9)11-4-10-7/h2-7H,8H2,1H3,(H2,15,16)(H,17,20);2-3H,4H2,1H3. The number of ether oxygens (including phenoxy) is 3. The van der Waals surface area contributed by atoms with Crippen molar-refractivity contribution in [2.45, 2.75) is 13.5 Å². The van der Waals surface area contributed by atoms with E-state index in [0.29, 0.717) is 23.9 Å². The second-order valence-corrected chi connectivity index (χ2v) is 8.46. The van der Waals surface area contributed by atoms with Crippen LogP contribution in [0.5, 0.6) is 17.2 Å². The molecule has 0 atom stereocenters. The first kappa shape index (κ1) is 21.4. The highest BCUT2D eigenvalue weighted by Crippen LogP contribution is 2.34. The second-order valence-electron chi connectivity index (χ2n) is 6.91. The normalized spacial score (nSPS) is 11.8. The van der Waals surface area contributed by atoms with Gasteiger partial charge in [0.2, 0.25) is 6.79 Å². The van der Waals surface area contributed by atoms with Gasteiger partial charge in [0, 0.05) is 9.77 Å². The number of rotatable bonds is 3. The molecule has 0 fully saturated rings. The Morgan fingerprint density at radius 1 is 1.19 bits per heavy atom. The summed E-state index contributed by atoms with van der Waals surface area (Å²) in [6.07, 6.45) is 1.69. The second kappa shape index (κ2) is 9.15. The summed E-state index contributed by atoms with van der Waals surface area (Å²) in [5.74, 6) is 3.02. The number of H-pyrrole nitrogens is 1. The quantitative estimate of drug-likeness (QED) is 0.275. The first-order chi connectivity index (χ1) is 15.0. The maximum absolute atomic E-state index is 5.85. The number of nitrogens with zero attached hydrogens (tertiary/aromatic N) is 2. The van der Waals surface area contributed by atoms with Crippen LogP contribution in [0.3, 0.4) is 0 Å². The number of hydrogen-bond donors (Lipinski definition) is 2. The predicted octanol–water partition coefficient (Wildman–Crippen LogP) is 5.06. The molecule has 1 aliphatic rings. The number of nitrogen functional groups attached to an aromatic ring is 1. The number of aryl methyl sites for hydroxylation is 1. The number of hydrogen-bond acceptors (Lipinski definition) is 6. The molecule has 31 heavy (non-hydrogen) atoms. The number of halogens is 1. The van der Waals surface area contributed by atoms with Crippen molar-refractivity contribution < 1.29 is 14.2 Å². The summed E-state index contributed by atoms with van der Waals surface area (Å²) in [4.78, 5) is 7.17. The predicted molar refractivity (Wildman–Crippen MR) is 131 cm³/mol. The van der Waals surface area contributed by atoms with Gasteiger partial charge in [0.1, 0.15) is 17.1 Å². The first-order valence-electron chi connectivity index (χ1n) is 9.48. The Morgan fingerprint density at radius 3 is 2.61 bits per heavy atom. The maximum atomic E-state index is 5.85. The van der Waals surface area contributed by atoms with Gasteiger partial charge in [-0.2, -0.15) is 0 Å². The van der Waals surface area contributed by atoms with E-state index in [1.807, 2.05) is 47.0 Å². The van der Waals surface area contributed by atoms with Crippen molar-refractivity contribution >= 4 is 51.7 Å². The van der Waals surface area contributed by atoms with Gasteiger partial charge in [-0.25, -0.2) is 4.98 Å². The van der Waals surface area contributed by atoms with Gasteiger partial charge in [0.15, 0.2) is 16.3 Å². The Labute approximate surface area is 198 Å². The molecule has 2 aromatic carbocycles. The van der Waals surface area contributed by atoms with Gasteiger partial charge >= 0.3 is 0 Å². The largest absolute Gasteiger partial charge is 0.497 e. The number of nitrogens with two attached hydrogens (primary N) is 1. The Hall–Kier alpha value is -2.79. The number of nitrogens with one attached hydrogen (secondary N) is 1. The van der Waals surface area contributed by atoms with Gasteiger partial charge in [-0.3, -0.25) is 0 Å². The molecule has 0 saturated carbocycles. The van der Waals surface area contributed by atoms with E-state index in [4.69, 9.17) is 32.2 Å². The van der Waals surface area contributed by atoms with Crippen LogP contribution in [0, 0.1) is 15.3 Å². The number of benzene rings is 2. The van der Waals surface area contributed by atoms with Crippen molar-refractivity contribution in [3.8, 4) is 17.2 Å². The maximum Gasteiger partial charge on any atom is 0.231 e. The fourth-order valence-electron chi connectivity index (χ4n) is 3.19. The fourth-order valence-corrected chi connectivity index (χ4v) is 3.90. The molecule has 0 amide bonds. The summed E-state index contributed by atoms with van der Waals surface area (Å²) < 4.78 is 19.4. The summed E-state index contributed by atoms with van der Waals surface area (Å²) in [5.41, 5.74) is 9.96. The van der Waals surface area contributed by atoms with Crippen molar-refractivity contribution in [2.24, 2.45) is 0 Å². The zero-order chi connectivity index (χ0) is 22.0. The number of aromatic amines is 1. The number of imidazole rings is 1.